The average molecular weight is 462 g/mol. The van der Waals surface area contributed by atoms with Crippen molar-refractivity contribution in [3.05, 3.63) is 78.6 Å². The van der Waals surface area contributed by atoms with E-state index in [2.05, 4.69) is 20.5 Å². The van der Waals surface area contributed by atoms with Crippen LogP contribution in [-0.2, 0) is 4.79 Å². The summed E-state index contributed by atoms with van der Waals surface area (Å²) in [5.74, 6) is 0.606. The van der Waals surface area contributed by atoms with Crippen molar-refractivity contribution in [2.45, 2.75) is 29.1 Å². The van der Waals surface area contributed by atoms with Crippen LogP contribution in [0.5, 0.6) is 0 Å². The predicted molar refractivity (Wildman–Crippen MR) is 131 cm³/mol. The third kappa shape index (κ3) is 4.71. The number of rotatable bonds is 7. The molecule has 0 spiro atoms. The SMILES string of the molecule is CSc1ccccc1NC(=O)C(C)Sc1nnc(-c2cccnc2)n1-c1ccccc1C. The molecule has 0 aliphatic heterocycles. The van der Waals surface area contributed by atoms with Gasteiger partial charge in [-0.25, -0.2) is 0 Å². The van der Waals surface area contributed by atoms with E-state index in [0.717, 1.165) is 27.4 Å². The molecule has 0 bridgehead atoms. The number of carbonyl (C=O) groups is 1. The number of hydrogen-bond acceptors (Lipinski definition) is 6. The van der Waals surface area contributed by atoms with E-state index >= 15 is 0 Å². The number of aryl methyl sites for hydroxylation is 1. The summed E-state index contributed by atoms with van der Waals surface area (Å²) >= 11 is 2.98. The molecule has 0 fully saturated rings. The molecule has 0 aliphatic carbocycles. The number of anilines is 1. The Balaban J connectivity index is 1.66. The van der Waals surface area contributed by atoms with Crippen molar-refractivity contribution in [3.8, 4) is 17.1 Å². The van der Waals surface area contributed by atoms with Crippen molar-refractivity contribution in [2.24, 2.45) is 0 Å². The lowest BCUT2D eigenvalue weighted by molar-refractivity contribution is -0.115. The maximum Gasteiger partial charge on any atom is 0.237 e. The maximum atomic E-state index is 13.0. The molecule has 2 heterocycles. The summed E-state index contributed by atoms with van der Waals surface area (Å²) in [5, 5.41) is 12.2. The van der Waals surface area contributed by atoms with Crippen LogP contribution in [0, 0.1) is 6.92 Å². The Bertz CT molecular complexity index is 1230. The highest BCUT2D eigenvalue weighted by molar-refractivity contribution is 8.00. The zero-order chi connectivity index (χ0) is 22.5. The van der Waals surface area contributed by atoms with Crippen LogP contribution in [0.15, 0.2) is 83.1 Å². The predicted octanol–water partition coefficient (Wildman–Crippen LogP) is 5.48. The summed E-state index contributed by atoms with van der Waals surface area (Å²) in [4.78, 5) is 18.2. The minimum Gasteiger partial charge on any atom is -0.324 e. The fraction of sp³-hybridized carbons (Fsp3) is 0.167. The Morgan fingerprint density at radius 1 is 1.03 bits per heavy atom. The fourth-order valence-corrected chi connectivity index (χ4v) is 4.67. The number of carbonyl (C=O) groups excluding carboxylic acids is 1. The Morgan fingerprint density at radius 3 is 2.56 bits per heavy atom. The minimum absolute atomic E-state index is 0.0845. The molecule has 4 aromatic rings. The summed E-state index contributed by atoms with van der Waals surface area (Å²) in [6.07, 6.45) is 5.49. The standard InChI is InChI=1S/C24H23N5OS2/c1-16-9-4-6-12-20(16)29-22(18-10-8-14-25-15-18)27-28-24(29)32-17(2)23(30)26-19-11-5-7-13-21(19)31-3/h4-15,17H,1-3H3,(H,26,30). The van der Waals surface area contributed by atoms with Crippen LogP contribution in [0.1, 0.15) is 12.5 Å². The van der Waals surface area contributed by atoms with Gasteiger partial charge in [-0.2, -0.15) is 0 Å². The summed E-state index contributed by atoms with van der Waals surface area (Å²) in [7, 11) is 0. The van der Waals surface area contributed by atoms with Crippen molar-refractivity contribution in [1.82, 2.24) is 19.7 Å². The molecule has 2 aromatic carbocycles. The van der Waals surface area contributed by atoms with E-state index in [9.17, 15) is 4.79 Å². The highest BCUT2D eigenvalue weighted by atomic mass is 32.2. The van der Waals surface area contributed by atoms with Crippen LogP contribution in [0.3, 0.4) is 0 Å². The summed E-state index contributed by atoms with van der Waals surface area (Å²) in [6, 6.07) is 19.7. The van der Waals surface area contributed by atoms with Crippen molar-refractivity contribution in [1.29, 1.82) is 0 Å². The molecule has 1 unspecified atom stereocenters. The van der Waals surface area contributed by atoms with Gasteiger partial charge in [0.1, 0.15) is 0 Å². The van der Waals surface area contributed by atoms with E-state index in [-0.39, 0.29) is 11.2 Å². The Kier molecular flexibility index (Phi) is 6.92. The number of pyridine rings is 1. The van der Waals surface area contributed by atoms with Crippen LogP contribution >= 0.6 is 23.5 Å². The molecule has 1 atom stereocenters. The monoisotopic (exact) mass is 461 g/mol. The number of hydrogen-bond donors (Lipinski definition) is 1. The number of amides is 1. The van der Waals surface area contributed by atoms with Crippen LogP contribution in [0.2, 0.25) is 0 Å². The Hall–Kier alpha value is -3.10. The second-order valence-corrected chi connectivity index (χ2v) is 9.28. The van der Waals surface area contributed by atoms with E-state index in [1.807, 2.05) is 85.3 Å². The number of aromatic nitrogens is 4. The molecule has 0 radical (unpaired) electrons. The van der Waals surface area contributed by atoms with Crippen LogP contribution in [-0.4, -0.2) is 37.2 Å². The zero-order valence-corrected chi connectivity index (χ0v) is 19.7. The van der Waals surface area contributed by atoms with Gasteiger partial charge >= 0.3 is 0 Å². The van der Waals surface area contributed by atoms with Gasteiger partial charge < -0.3 is 5.32 Å². The normalized spacial score (nSPS) is 11.8. The van der Waals surface area contributed by atoms with Crippen LogP contribution < -0.4 is 5.32 Å². The average Bonchev–Trinajstić information content (AvgIpc) is 3.23. The quantitative estimate of drug-likeness (QED) is 0.368. The van der Waals surface area contributed by atoms with E-state index in [1.54, 1.807) is 24.2 Å². The summed E-state index contributed by atoms with van der Waals surface area (Å²) < 4.78 is 2.00. The first-order valence-electron chi connectivity index (χ1n) is 10.1. The molecule has 8 heteroatoms. The molecule has 1 N–H and O–H groups in total. The van der Waals surface area contributed by atoms with Gasteiger partial charge in [0, 0.05) is 22.9 Å². The molecule has 0 aliphatic rings. The van der Waals surface area contributed by atoms with E-state index < -0.39 is 0 Å². The molecule has 32 heavy (non-hydrogen) atoms. The van der Waals surface area contributed by atoms with Gasteiger partial charge in [0.15, 0.2) is 11.0 Å². The van der Waals surface area contributed by atoms with Crippen molar-refractivity contribution < 1.29 is 4.79 Å². The van der Waals surface area contributed by atoms with E-state index in [1.165, 1.54) is 11.8 Å². The fourth-order valence-electron chi connectivity index (χ4n) is 3.25. The second-order valence-electron chi connectivity index (χ2n) is 7.12. The molecule has 0 saturated heterocycles. The number of nitrogens with one attached hydrogen (secondary N) is 1. The van der Waals surface area contributed by atoms with Crippen LogP contribution in [0.4, 0.5) is 5.69 Å². The number of benzene rings is 2. The largest absolute Gasteiger partial charge is 0.324 e. The van der Waals surface area contributed by atoms with Gasteiger partial charge in [-0.1, -0.05) is 42.1 Å². The highest BCUT2D eigenvalue weighted by Gasteiger charge is 2.23. The summed E-state index contributed by atoms with van der Waals surface area (Å²) in [6.45, 7) is 3.93. The smallest absolute Gasteiger partial charge is 0.237 e. The Morgan fingerprint density at radius 2 is 1.81 bits per heavy atom. The van der Waals surface area contributed by atoms with Gasteiger partial charge in [-0.3, -0.25) is 14.3 Å². The second kappa shape index (κ2) is 10.0. The molecule has 4 rings (SSSR count). The molecule has 162 valence electrons. The third-order valence-corrected chi connectivity index (χ3v) is 6.76. The van der Waals surface area contributed by atoms with Crippen molar-refractivity contribution >= 4 is 35.1 Å². The first kappa shape index (κ1) is 22.1. The lowest BCUT2D eigenvalue weighted by Crippen LogP contribution is -2.23. The maximum absolute atomic E-state index is 13.0. The lowest BCUT2D eigenvalue weighted by Gasteiger charge is -2.16. The van der Waals surface area contributed by atoms with Gasteiger partial charge in [0.2, 0.25) is 5.91 Å². The minimum atomic E-state index is -0.376. The van der Waals surface area contributed by atoms with E-state index in [4.69, 9.17) is 0 Å². The topological polar surface area (TPSA) is 72.7 Å². The molecular formula is C24H23N5OS2. The summed E-state index contributed by atoms with van der Waals surface area (Å²) in [5.41, 5.74) is 3.74. The first-order valence-corrected chi connectivity index (χ1v) is 12.2. The van der Waals surface area contributed by atoms with Gasteiger partial charge in [-0.15, -0.1) is 22.0 Å². The lowest BCUT2D eigenvalue weighted by atomic mass is 10.2. The number of thioether (sulfide) groups is 2. The zero-order valence-electron chi connectivity index (χ0n) is 18.0. The van der Waals surface area contributed by atoms with Crippen LogP contribution in [0.25, 0.3) is 17.1 Å². The van der Waals surface area contributed by atoms with Gasteiger partial charge in [0.05, 0.1) is 16.6 Å². The molecule has 1 amide bonds. The first-order chi connectivity index (χ1) is 15.6. The number of para-hydroxylation sites is 2. The molecule has 2 aromatic heterocycles. The molecular weight excluding hydrogens is 438 g/mol. The molecule has 6 nitrogen and oxygen atoms in total. The molecule has 0 saturated carbocycles. The third-order valence-electron chi connectivity index (χ3n) is 4.93. The number of nitrogens with zero attached hydrogens (tertiary/aromatic N) is 4. The van der Waals surface area contributed by atoms with E-state index in [0.29, 0.717) is 11.0 Å². The van der Waals surface area contributed by atoms with Gasteiger partial charge in [0.25, 0.3) is 0 Å². The van der Waals surface area contributed by atoms with Gasteiger partial charge in [-0.05, 0) is 56.0 Å². The van der Waals surface area contributed by atoms with Crippen molar-refractivity contribution in [2.75, 3.05) is 11.6 Å². The Labute approximate surface area is 195 Å². The van der Waals surface area contributed by atoms with Crippen molar-refractivity contribution in [3.63, 3.8) is 0 Å². The highest BCUT2D eigenvalue weighted by Crippen LogP contribution is 2.32.